The second-order valence-electron chi connectivity index (χ2n) is 4.56. The van der Waals surface area contributed by atoms with Crippen LogP contribution in [0.5, 0.6) is 0 Å². The van der Waals surface area contributed by atoms with E-state index in [0.717, 1.165) is 0 Å². The van der Waals surface area contributed by atoms with Gasteiger partial charge >= 0.3 is 13.3 Å². The van der Waals surface area contributed by atoms with E-state index in [1.807, 2.05) is 0 Å². The second kappa shape index (κ2) is 7.34. The van der Waals surface area contributed by atoms with Crippen molar-refractivity contribution in [1.82, 2.24) is 0 Å². The van der Waals surface area contributed by atoms with Crippen LogP contribution < -0.4 is 0 Å². The molecule has 0 aromatic heterocycles. The maximum Gasteiger partial charge on any atom is 0.412 e. The minimum absolute atomic E-state index is 0.205. The van der Waals surface area contributed by atoms with E-state index in [1.54, 1.807) is 36.3 Å². The van der Waals surface area contributed by atoms with Gasteiger partial charge in [-0.1, -0.05) is 36.3 Å². The molecule has 1 rings (SSSR count). The molecular weight excluding hydrogens is 313 g/mol. The van der Waals surface area contributed by atoms with Crippen LogP contribution in [-0.2, 0) is 19.2 Å². The van der Waals surface area contributed by atoms with Crippen LogP contribution in [0, 0.1) is 11.8 Å². The van der Waals surface area contributed by atoms with Crippen molar-refractivity contribution in [2.45, 2.75) is 32.0 Å². The van der Waals surface area contributed by atoms with Crippen LogP contribution in [0.4, 0.5) is 8.78 Å². The molecule has 0 spiro atoms. The number of hydrogen-bond donors (Lipinski definition) is 1. The minimum atomic E-state index is -4.72. The maximum absolute atomic E-state index is 14.1. The summed E-state index contributed by atoms with van der Waals surface area (Å²) >= 11 is 0. The molecule has 0 saturated carbocycles. The van der Waals surface area contributed by atoms with E-state index in [-0.39, 0.29) is 13.2 Å². The average molecular weight is 332 g/mol. The molecule has 0 saturated heterocycles. The molecule has 1 unspecified atom stereocenters. The molecule has 0 amide bonds. The van der Waals surface area contributed by atoms with Gasteiger partial charge in [-0.25, -0.2) is 0 Å². The molecule has 0 bridgehead atoms. The number of hydrogen-bond acceptors (Lipinski definition) is 4. The van der Waals surface area contributed by atoms with Crippen molar-refractivity contribution in [3.8, 4) is 11.8 Å². The van der Waals surface area contributed by atoms with E-state index in [4.69, 9.17) is 0 Å². The Balaban J connectivity index is 3.13. The lowest BCUT2D eigenvalue weighted by Gasteiger charge is -2.22. The van der Waals surface area contributed by atoms with Crippen molar-refractivity contribution in [2.75, 3.05) is 13.2 Å². The van der Waals surface area contributed by atoms with Crippen molar-refractivity contribution in [2.24, 2.45) is 0 Å². The van der Waals surface area contributed by atoms with E-state index in [0.29, 0.717) is 5.56 Å². The van der Waals surface area contributed by atoms with Crippen LogP contribution in [-0.4, -0.2) is 24.0 Å². The van der Waals surface area contributed by atoms with Gasteiger partial charge in [0.2, 0.25) is 0 Å². The van der Waals surface area contributed by atoms with Gasteiger partial charge < -0.3 is 14.2 Å². The fraction of sp³-hybridized carbons (Fsp3) is 0.467. The first-order chi connectivity index (χ1) is 10.2. The number of rotatable bonds is 6. The van der Waals surface area contributed by atoms with Crippen LogP contribution in [0.1, 0.15) is 26.3 Å². The van der Waals surface area contributed by atoms with E-state index in [9.17, 15) is 18.5 Å². The van der Waals surface area contributed by atoms with Crippen molar-refractivity contribution in [1.29, 1.82) is 0 Å². The topological polar surface area (TPSA) is 55.8 Å². The lowest BCUT2D eigenvalue weighted by Crippen LogP contribution is -2.22. The van der Waals surface area contributed by atoms with Crippen LogP contribution >= 0.6 is 7.60 Å². The summed E-state index contributed by atoms with van der Waals surface area (Å²) in [6.07, 6.45) is 0. The molecule has 22 heavy (non-hydrogen) atoms. The zero-order chi connectivity index (χ0) is 16.9. The molecule has 4 nitrogen and oxygen atoms in total. The van der Waals surface area contributed by atoms with Crippen LogP contribution in [0.2, 0.25) is 0 Å². The lowest BCUT2D eigenvalue weighted by molar-refractivity contribution is 0.0843. The molecule has 0 radical (unpaired) electrons. The fourth-order valence-electron chi connectivity index (χ4n) is 1.64. The molecule has 1 atom stereocenters. The highest BCUT2D eigenvalue weighted by Crippen LogP contribution is 2.61. The Hall–Kier alpha value is -1.25. The summed E-state index contributed by atoms with van der Waals surface area (Å²) in [5.74, 6) is 3.62. The Morgan fingerprint density at radius 2 is 1.64 bits per heavy atom. The Labute approximate surface area is 129 Å². The molecular formula is C15H19F2O4P. The van der Waals surface area contributed by atoms with E-state index in [1.165, 1.54) is 20.8 Å². The van der Waals surface area contributed by atoms with Crippen molar-refractivity contribution < 1.29 is 27.5 Å². The Morgan fingerprint density at radius 1 is 1.14 bits per heavy atom. The molecule has 1 aromatic carbocycles. The van der Waals surface area contributed by atoms with Gasteiger partial charge in [-0.2, -0.15) is 8.78 Å². The van der Waals surface area contributed by atoms with Crippen molar-refractivity contribution >= 4 is 7.60 Å². The van der Waals surface area contributed by atoms with Gasteiger partial charge in [0.25, 0.3) is 0 Å². The van der Waals surface area contributed by atoms with Gasteiger partial charge in [0.15, 0.2) is 0 Å². The third-order valence-electron chi connectivity index (χ3n) is 2.73. The molecule has 0 fully saturated rings. The Morgan fingerprint density at radius 3 is 2.09 bits per heavy atom. The number of aliphatic hydroxyl groups is 1. The van der Waals surface area contributed by atoms with E-state index in [2.05, 4.69) is 15.0 Å². The summed E-state index contributed by atoms with van der Waals surface area (Å²) in [6.45, 7) is 3.72. The highest BCUT2D eigenvalue weighted by atomic mass is 31.2. The SMILES string of the molecule is CCOP(=O)(OCC)C(F)(F)C#CC(C)(O)c1ccccc1. The zero-order valence-corrected chi connectivity index (χ0v) is 13.6. The molecule has 1 N–H and O–H groups in total. The highest BCUT2D eigenvalue weighted by Gasteiger charge is 2.52. The van der Waals surface area contributed by atoms with Crippen molar-refractivity contribution in [3.63, 3.8) is 0 Å². The first kappa shape index (κ1) is 18.8. The van der Waals surface area contributed by atoms with Crippen molar-refractivity contribution in [3.05, 3.63) is 35.9 Å². The second-order valence-corrected chi connectivity index (χ2v) is 6.64. The molecule has 0 aliphatic carbocycles. The highest BCUT2D eigenvalue weighted by molar-refractivity contribution is 7.55. The Kier molecular flexibility index (Phi) is 6.27. The van der Waals surface area contributed by atoms with Crippen LogP contribution in [0.3, 0.4) is 0 Å². The van der Waals surface area contributed by atoms with Gasteiger partial charge in [0.1, 0.15) is 5.60 Å². The monoisotopic (exact) mass is 332 g/mol. The summed E-state index contributed by atoms with van der Waals surface area (Å²) in [4.78, 5) is 0. The van der Waals surface area contributed by atoms with Crippen LogP contribution in [0.25, 0.3) is 0 Å². The summed E-state index contributed by atoms with van der Waals surface area (Å²) in [5.41, 5.74) is -5.48. The predicted octanol–water partition coefficient (Wildman–Crippen LogP) is 3.76. The molecule has 1 aromatic rings. The quantitative estimate of drug-likeness (QED) is 0.637. The lowest BCUT2D eigenvalue weighted by atomic mass is 9.97. The first-order valence-corrected chi connectivity index (χ1v) is 8.32. The average Bonchev–Trinajstić information content (AvgIpc) is 2.47. The standard InChI is InChI=1S/C15H19F2O4P/c1-4-20-22(19,21-5-2)15(16,17)12-11-14(3,18)13-9-7-6-8-10-13/h6-10,18H,4-5H2,1-3H3. The number of benzene rings is 1. The number of halogens is 2. The number of alkyl halides is 2. The summed E-state index contributed by atoms with van der Waals surface area (Å²) in [5, 5.41) is 10.2. The van der Waals surface area contributed by atoms with E-state index >= 15 is 0 Å². The predicted molar refractivity (Wildman–Crippen MR) is 79.6 cm³/mol. The smallest absolute Gasteiger partial charge is 0.374 e. The first-order valence-electron chi connectivity index (χ1n) is 6.78. The van der Waals surface area contributed by atoms with Crippen LogP contribution in [0.15, 0.2) is 30.3 Å². The maximum atomic E-state index is 14.1. The van der Waals surface area contributed by atoms with Gasteiger partial charge in [-0.05, 0) is 32.3 Å². The minimum Gasteiger partial charge on any atom is -0.374 e. The van der Waals surface area contributed by atoms with Gasteiger partial charge in [0.05, 0.1) is 13.2 Å². The molecule has 0 aliphatic heterocycles. The summed E-state index contributed by atoms with van der Waals surface area (Å²) in [7, 11) is -4.72. The fourth-order valence-corrected chi connectivity index (χ4v) is 2.91. The molecule has 0 heterocycles. The molecule has 7 heteroatoms. The van der Waals surface area contributed by atoms with Gasteiger partial charge in [0, 0.05) is 0 Å². The third kappa shape index (κ3) is 4.37. The summed E-state index contributed by atoms with van der Waals surface area (Å²) < 4.78 is 49.5. The van der Waals surface area contributed by atoms with Gasteiger partial charge in [-0.3, -0.25) is 4.57 Å². The van der Waals surface area contributed by atoms with Gasteiger partial charge in [-0.15, -0.1) is 0 Å². The normalized spacial score (nSPS) is 14.8. The molecule has 122 valence electrons. The zero-order valence-electron chi connectivity index (χ0n) is 12.7. The Bertz CT molecular complexity index is 581. The third-order valence-corrected chi connectivity index (χ3v) is 4.73. The van der Waals surface area contributed by atoms with E-state index < -0.39 is 18.9 Å². The molecule has 0 aliphatic rings. The largest absolute Gasteiger partial charge is 0.412 e. The summed E-state index contributed by atoms with van der Waals surface area (Å²) in [6, 6.07) is 8.12.